The molecular weight excluding hydrogens is 440 g/mol. The lowest BCUT2D eigenvalue weighted by Gasteiger charge is -2.09. The van der Waals surface area contributed by atoms with Gasteiger partial charge in [0.2, 0.25) is 0 Å². The third-order valence-electron chi connectivity index (χ3n) is 2.85. The third-order valence-corrected chi connectivity index (χ3v) is 4.38. The molecule has 3 rings (SSSR count). The van der Waals surface area contributed by atoms with Crippen LogP contribution in [0.4, 0.5) is 11.5 Å². The van der Waals surface area contributed by atoms with Crippen LogP contribution in [0.25, 0.3) is 0 Å². The summed E-state index contributed by atoms with van der Waals surface area (Å²) in [6.07, 6.45) is 2.38. The van der Waals surface area contributed by atoms with Gasteiger partial charge in [0.15, 0.2) is 0 Å². The van der Waals surface area contributed by atoms with Gasteiger partial charge >= 0.3 is 0 Å². The molecule has 0 amide bonds. The van der Waals surface area contributed by atoms with Gasteiger partial charge in [-0.2, -0.15) is 0 Å². The molecule has 1 saturated carbocycles. The van der Waals surface area contributed by atoms with Gasteiger partial charge in [-0.15, -0.1) is 0 Å². The number of hydrogen-bond donors (Lipinski definition) is 1. The fraction of sp³-hybridized carbons (Fsp3) is 0.231. The van der Waals surface area contributed by atoms with Crippen LogP contribution in [0.15, 0.2) is 28.9 Å². The van der Waals surface area contributed by atoms with Gasteiger partial charge in [-0.05, 0) is 69.6 Å². The van der Waals surface area contributed by atoms with E-state index in [2.05, 4.69) is 53.8 Å². The molecule has 0 spiro atoms. The second-order valence-electron chi connectivity index (χ2n) is 4.46. The van der Waals surface area contributed by atoms with Crippen molar-refractivity contribution in [2.45, 2.75) is 18.8 Å². The standard InChI is InChI=1S/C13H10BrClIN3/c14-11-6-12(19-13(18-11)7-1-2-7)17-10-4-3-8(15)5-9(10)16/h3-7H,1-2H2,(H,17,18,19). The molecule has 1 heterocycles. The van der Waals surface area contributed by atoms with Gasteiger partial charge in [0.25, 0.3) is 0 Å². The van der Waals surface area contributed by atoms with Gasteiger partial charge in [-0.3, -0.25) is 0 Å². The Bertz CT molecular complexity index is 631. The van der Waals surface area contributed by atoms with E-state index >= 15 is 0 Å². The van der Waals surface area contributed by atoms with Crippen LogP contribution in [0.2, 0.25) is 5.02 Å². The highest BCUT2D eigenvalue weighted by molar-refractivity contribution is 14.1. The number of nitrogens with one attached hydrogen (secondary N) is 1. The monoisotopic (exact) mass is 449 g/mol. The van der Waals surface area contributed by atoms with E-state index in [1.54, 1.807) is 0 Å². The molecule has 1 aromatic carbocycles. The Hall–Kier alpha value is -0.400. The quantitative estimate of drug-likeness (QED) is 0.521. The number of benzene rings is 1. The summed E-state index contributed by atoms with van der Waals surface area (Å²) >= 11 is 11.6. The highest BCUT2D eigenvalue weighted by Gasteiger charge is 2.27. The van der Waals surface area contributed by atoms with Crippen LogP contribution in [0.5, 0.6) is 0 Å². The molecule has 1 aromatic heterocycles. The summed E-state index contributed by atoms with van der Waals surface area (Å²) in [6, 6.07) is 7.63. The summed E-state index contributed by atoms with van der Waals surface area (Å²) in [5.74, 6) is 2.26. The zero-order chi connectivity index (χ0) is 13.4. The summed E-state index contributed by atoms with van der Waals surface area (Å²) in [7, 11) is 0. The molecule has 3 nitrogen and oxygen atoms in total. The van der Waals surface area contributed by atoms with E-state index in [0.29, 0.717) is 5.92 Å². The predicted molar refractivity (Wildman–Crippen MR) is 89.2 cm³/mol. The average Bonchev–Trinajstić information content (AvgIpc) is 3.16. The van der Waals surface area contributed by atoms with Crippen molar-refractivity contribution >= 4 is 61.6 Å². The zero-order valence-corrected chi connectivity index (χ0v) is 14.3. The van der Waals surface area contributed by atoms with Crippen LogP contribution in [-0.4, -0.2) is 9.97 Å². The van der Waals surface area contributed by atoms with E-state index in [1.165, 1.54) is 12.8 Å². The van der Waals surface area contributed by atoms with Crippen molar-refractivity contribution in [1.82, 2.24) is 9.97 Å². The van der Waals surface area contributed by atoms with Gasteiger partial charge < -0.3 is 5.32 Å². The molecule has 6 heteroatoms. The van der Waals surface area contributed by atoms with Crippen molar-refractivity contribution < 1.29 is 0 Å². The average molecular weight is 451 g/mol. The highest BCUT2D eigenvalue weighted by Crippen LogP contribution is 2.39. The first kappa shape index (κ1) is 13.6. The number of nitrogens with zero attached hydrogens (tertiary/aromatic N) is 2. The molecule has 0 atom stereocenters. The lowest BCUT2D eigenvalue weighted by atomic mass is 10.3. The van der Waals surface area contributed by atoms with Crippen LogP contribution in [0, 0.1) is 3.57 Å². The molecule has 2 aromatic rings. The maximum atomic E-state index is 5.95. The summed E-state index contributed by atoms with van der Waals surface area (Å²) in [4.78, 5) is 8.98. The fourth-order valence-corrected chi connectivity index (χ4v) is 3.16. The van der Waals surface area contributed by atoms with Crippen molar-refractivity contribution in [2.75, 3.05) is 5.32 Å². The smallest absolute Gasteiger partial charge is 0.135 e. The molecule has 1 fully saturated rings. The summed E-state index contributed by atoms with van der Waals surface area (Å²) in [5.41, 5.74) is 0.998. The predicted octanol–water partition coefficient (Wildman–Crippen LogP) is 5.12. The van der Waals surface area contributed by atoms with E-state index in [9.17, 15) is 0 Å². The van der Waals surface area contributed by atoms with Gasteiger partial charge in [0.05, 0.1) is 5.69 Å². The number of aromatic nitrogens is 2. The van der Waals surface area contributed by atoms with Crippen LogP contribution in [-0.2, 0) is 0 Å². The largest absolute Gasteiger partial charge is 0.339 e. The minimum absolute atomic E-state index is 0.530. The van der Waals surface area contributed by atoms with Crippen LogP contribution < -0.4 is 5.32 Å². The summed E-state index contributed by atoms with van der Waals surface area (Å²) in [5, 5.41) is 4.05. The molecular formula is C13H10BrClIN3. The molecule has 19 heavy (non-hydrogen) atoms. The molecule has 1 aliphatic rings. The second kappa shape index (κ2) is 5.54. The van der Waals surface area contributed by atoms with E-state index < -0.39 is 0 Å². The lowest BCUT2D eigenvalue weighted by Crippen LogP contribution is -2.00. The van der Waals surface area contributed by atoms with Gasteiger partial charge in [0, 0.05) is 20.6 Å². The molecule has 1 aliphatic carbocycles. The number of hydrogen-bond acceptors (Lipinski definition) is 3. The van der Waals surface area contributed by atoms with Gasteiger partial charge in [-0.25, -0.2) is 9.97 Å². The molecule has 0 aliphatic heterocycles. The lowest BCUT2D eigenvalue weighted by molar-refractivity contribution is 0.919. The molecule has 1 N–H and O–H groups in total. The minimum atomic E-state index is 0.530. The third kappa shape index (κ3) is 3.38. The van der Waals surface area contributed by atoms with Crippen LogP contribution >= 0.6 is 50.1 Å². The number of anilines is 2. The Morgan fingerprint density at radius 2 is 2.05 bits per heavy atom. The van der Waals surface area contributed by atoms with Crippen molar-refractivity contribution in [2.24, 2.45) is 0 Å². The maximum Gasteiger partial charge on any atom is 0.135 e. The Kier molecular flexibility index (Phi) is 3.96. The highest BCUT2D eigenvalue weighted by atomic mass is 127. The Morgan fingerprint density at radius 3 is 2.74 bits per heavy atom. The molecule has 98 valence electrons. The molecule has 0 radical (unpaired) electrons. The number of halogens is 3. The number of rotatable bonds is 3. The zero-order valence-electron chi connectivity index (χ0n) is 9.83. The molecule has 0 unspecified atom stereocenters. The first-order chi connectivity index (χ1) is 9.11. The van der Waals surface area contributed by atoms with E-state index in [1.807, 2.05) is 24.3 Å². The normalized spacial score (nSPS) is 14.5. The molecule has 0 bridgehead atoms. The van der Waals surface area contributed by atoms with E-state index in [4.69, 9.17) is 11.6 Å². The van der Waals surface area contributed by atoms with Crippen LogP contribution in [0.3, 0.4) is 0 Å². The van der Waals surface area contributed by atoms with E-state index in [-0.39, 0.29) is 0 Å². The SMILES string of the molecule is Clc1ccc(Nc2cc(Br)nc(C3CC3)n2)c(I)c1. The Labute approximate surface area is 138 Å². The van der Waals surface area contributed by atoms with Crippen molar-refractivity contribution in [3.05, 3.63) is 43.3 Å². The van der Waals surface area contributed by atoms with Crippen LogP contribution in [0.1, 0.15) is 24.6 Å². The van der Waals surface area contributed by atoms with E-state index in [0.717, 1.165) is 30.5 Å². The van der Waals surface area contributed by atoms with Crippen molar-refractivity contribution in [1.29, 1.82) is 0 Å². The fourth-order valence-electron chi connectivity index (χ4n) is 1.75. The first-order valence-electron chi connectivity index (χ1n) is 5.88. The van der Waals surface area contributed by atoms with Gasteiger partial charge in [0.1, 0.15) is 16.2 Å². The summed E-state index contributed by atoms with van der Waals surface area (Å²) < 4.78 is 1.88. The van der Waals surface area contributed by atoms with Crippen molar-refractivity contribution in [3.8, 4) is 0 Å². The summed E-state index contributed by atoms with van der Waals surface area (Å²) in [6.45, 7) is 0. The first-order valence-corrected chi connectivity index (χ1v) is 8.13. The maximum absolute atomic E-state index is 5.95. The Balaban J connectivity index is 1.89. The Morgan fingerprint density at radius 1 is 1.26 bits per heavy atom. The van der Waals surface area contributed by atoms with Crippen molar-refractivity contribution in [3.63, 3.8) is 0 Å². The molecule has 0 saturated heterocycles. The second-order valence-corrected chi connectivity index (χ2v) is 6.87. The topological polar surface area (TPSA) is 37.8 Å². The van der Waals surface area contributed by atoms with Gasteiger partial charge in [-0.1, -0.05) is 11.6 Å². The minimum Gasteiger partial charge on any atom is -0.339 e.